The van der Waals surface area contributed by atoms with Crippen molar-refractivity contribution in [1.82, 2.24) is 4.90 Å². The van der Waals surface area contributed by atoms with Gasteiger partial charge in [0.05, 0.1) is 5.60 Å². The van der Waals surface area contributed by atoms with Gasteiger partial charge in [-0.15, -0.1) is 0 Å². The van der Waals surface area contributed by atoms with Crippen molar-refractivity contribution < 1.29 is 5.11 Å². The van der Waals surface area contributed by atoms with E-state index in [0.29, 0.717) is 12.0 Å². The van der Waals surface area contributed by atoms with Gasteiger partial charge in [-0.05, 0) is 25.2 Å². The minimum absolute atomic E-state index is 0.302. The van der Waals surface area contributed by atoms with Gasteiger partial charge in [0.25, 0.3) is 0 Å². The van der Waals surface area contributed by atoms with Gasteiger partial charge in [0, 0.05) is 25.7 Å². The molecule has 0 aromatic rings. The van der Waals surface area contributed by atoms with Crippen LogP contribution in [-0.2, 0) is 0 Å². The minimum Gasteiger partial charge on any atom is -0.389 e. The van der Waals surface area contributed by atoms with Crippen LogP contribution >= 0.6 is 0 Å². The number of nitrogens with two attached hydrogens (primary N) is 1. The summed E-state index contributed by atoms with van der Waals surface area (Å²) >= 11 is 0. The van der Waals surface area contributed by atoms with Gasteiger partial charge in [-0.25, -0.2) is 0 Å². The summed E-state index contributed by atoms with van der Waals surface area (Å²) in [5, 5.41) is 10.5. The fraction of sp³-hybridized carbons (Fsp3) is 1.00. The molecule has 1 saturated carbocycles. The zero-order valence-corrected chi connectivity index (χ0v) is 10.5. The quantitative estimate of drug-likeness (QED) is 0.747. The zero-order chi connectivity index (χ0) is 11.6. The summed E-state index contributed by atoms with van der Waals surface area (Å²) in [6.07, 6.45) is 6.76. The van der Waals surface area contributed by atoms with Gasteiger partial charge in [-0.3, -0.25) is 4.90 Å². The van der Waals surface area contributed by atoms with Crippen molar-refractivity contribution in [2.75, 3.05) is 19.6 Å². The first-order valence-corrected chi connectivity index (χ1v) is 6.78. The first kappa shape index (κ1) is 12.3. The molecule has 3 N–H and O–H groups in total. The van der Waals surface area contributed by atoms with Crippen LogP contribution in [0, 0.1) is 5.92 Å². The second-order valence-electron chi connectivity index (χ2n) is 6.08. The lowest BCUT2D eigenvalue weighted by Crippen LogP contribution is -2.52. The van der Waals surface area contributed by atoms with E-state index in [1.54, 1.807) is 0 Å². The molecule has 16 heavy (non-hydrogen) atoms. The van der Waals surface area contributed by atoms with Gasteiger partial charge in [-0.1, -0.05) is 26.2 Å². The van der Waals surface area contributed by atoms with Crippen molar-refractivity contribution in [3.63, 3.8) is 0 Å². The van der Waals surface area contributed by atoms with Crippen LogP contribution in [0.15, 0.2) is 0 Å². The third-order valence-electron chi connectivity index (χ3n) is 4.07. The van der Waals surface area contributed by atoms with Gasteiger partial charge in [-0.2, -0.15) is 0 Å². The Morgan fingerprint density at radius 3 is 2.56 bits per heavy atom. The normalized spacial score (nSPS) is 36.2. The monoisotopic (exact) mass is 226 g/mol. The highest BCUT2D eigenvalue weighted by atomic mass is 16.3. The molecule has 3 nitrogen and oxygen atoms in total. The van der Waals surface area contributed by atoms with Crippen molar-refractivity contribution >= 4 is 0 Å². The smallest absolute Gasteiger partial charge is 0.0774 e. The minimum atomic E-state index is -0.422. The van der Waals surface area contributed by atoms with Gasteiger partial charge in [0.15, 0.2) is 0 Å². The molecule has 0 spiro atoms. The number of hydrogen-bond donors (Lipinski definition) is 2. The molecule has 0 bridgehead atoms. The molecule has 1 saturated heterocycles. The van der Waals surface area contributed by atoms with Crippen LogP contribution in [0.5, 0.6) is 0 Å². The second-order valence-corrected chi connectivity index (χ2v) is 6.08. The first-order valence-electron chi connectivity index (χ1n) is 6.78. The number of nitrogens with zero attached hydrogens (tertiary/aromatic N) is 1. The van der Waals surface area contributed by atoms with Gasteiger partial charge >= 0.3 is 0 Å². The van der Waals surface area contributed by atoms with Crippen molar-refractivity contribution in [3.8, 4) is 0 Å². The van der Waals surface area contributed by atoms with Crippen molar-refractivity contribution in [3.05, 3.63) is 0 Å². The molecule has 2 fully saturated rings. The molecular weight excluding hydrogens is 200 g/mol. The van der Waals surface area contributed by atoms with Crippen molar-refractivity contribution in [2.24, 2.45) is 11.7 Å². The van der Waals surface area contributed by atoms with E-state index in [0.717, 1.165) is 38.9 Å². The maximum Gasteiger partial charge on any atom is 0.0774 e. The van der Waals surface area contributed by atoms with E-state index in [2.05, 4.69) is 11.8 Å². The molecule has 2 unspecified atom stereocenters. The summed E-state index contributed by atoms with van der Waals surface area (Å²) in [6.45, 7) is 5.17. The third-order valence-corrected chi connectivity index (χ3v) is 4.07. The molecule has 1 aliphatic carbocycles. The lowest BCUT2D eigenvalue weighted by molar-refractivity contribution is -0.0353. The van der Waals surface area contributed by atoms with Crippen LogP contribution in [0.4, 0.5) is 0 Å². The van der Waals surface area contributed by atoms with E-state index in [1.807, 2.05) is 0 Å². The molecule has 3 heteroatoms. The van der Waals surface area contributed by atoms with Crippen LogP contribution in [0.1, 0.15) is 45.4 Å². The molecule has 0 aromatic heterocycles. The average Bonchev–Trinajstić information content (AvgIpc) is 2.15. The average molecular weight is 226 g/mol. The Bertz CT molecular complexity index is 216. The lowest BCUT2D eigenvalue weighted by atomic mass is 9.83. The van der Waals surface area contributed by atoms with Gasteiger partial charge in [0.1, 0.15) is 0 Å². The van der Waals surface area contributed by atoms with E-state index < -0.39 is 5.60 Å². The fourth-order valence-electron chi connectivity index (χ4n) is 3.43. The molecule has 2 atom stereocenters. The Morgan fingerprint density at radius 2 is 1.94 bits per heavy atom. The second kappa shape index (κ2) is 5.03. The predicted molar refractivity (Wildman–Crippen MR) is 66.2 cm³/mol. The highest BCUT2D eigenvalue weighted by molar-refractivity contribution is 4.89. The van der Waals surface area contributed by atoms with E-state index in [4.69, 9.17) is 5.73 Å². The molecular formula is C13H26N2O. The summed E-state index contributed by atoms with van der Waals surface area (Å²) in [7, 11) is 0. The summed E-state index contributed by atoms with van der Waals surface area (Å²) < 4.78 is 0. The maximum atomic E-state index is 10.5. The largest absolute Gasteiger partial charge is 0.389 e. The number of rotatable bonds is 2. The van der Waals surface area contributed by atoms with E-state index in [-0.39, 0.29) is 0 Å². The van der Waals surface area contributed by atoms with Crippen LogP contribution < -0.4 is 5.73 Å². The molecule has 1 heterocycles. The standard InChI is InChI=1S/C13H26N2O/c1-11-7-12(14)9-15(8-11)10-13(16)5-3-2-4-6-13/h11-12,16H,2-10,14H2,1H3. The number of hydrogen-bond acceptors (Lipinski definition) is 3. The highest BCUT2D eigenvalue weighted by Gasteiger charge is 2.33. The zero-order valence-electron chi connectivity index (χ0n) is 10.5. The number of piperidine rings is 1. The topological polar surface area (TPSA) is 49.5 Å². The summed E-state index contributed by atoms with van der Waals surface area (Å²) in [6, 6.07) is 0.302. The fourth-order valence-corrected chi connectivity index (χ4v) is 3.43. The number of aliphatic hydroxyl groups is 1. The van der Waals surface area contributed by atoms with Crippen LogP contribution in [0.25, 0.3) is 0 Å². The molecule has 2 aliphatic rings. The first-order chi connectivity index (χ1) is 7.57. The van der Waals surface area contributed by atoms with Crippen LogP contribution in [0.2, 0.25) is 0 Å². The lowest BCUT2D eigenvalue weighted by Gasteiger charge is -2.41. The SMILES string of the molecule is CC1CC(N)CN(CC2(O)CCCCC2)C1. The van der Waals surface area contributed by atoms with Gasteiger partial charge < -0.3 is 10.8 Å². The number of likely N-dealkylation sites (tertiary alicyclic amines) is 1. The Hall–Kier alpha value is -0.120. The number of β-amino-alcohol motifs (C(OH)–C–C–N with tert-alkyl or cyclic N) is 1. The van der Waals surface area contributed by atoms with E-state index >= 15 is 0 Å². The summed E-state index contributed by atoms with van der Waals surface area (Å²) in [5.74, 6) is 0.677. The van der Waals surface area contributed by atoms with Crippen LogP contribution in [0.3, 0.4) is 0 Å². The Morgan fingerprint density at radius 1 is 1.25 bits per heavy atom. The van der Waals surface area contributed by atoms with Gasteiger partial charge in [0.2, 0.25) is 0 Å². The Kier molecular flexibility index (Phi) is 3.88. The van der Waals surface area contributed by atoms with E-state index in [1.165, 1.54) is 19.3 Å². The molecule has 2 rings (SSSR count). The molecule has 94 valence electrons. The Balaban J connectivity index is 1.87. The molecule has 0 amide bonds. The third kappa shape index (κ3) is 3.19. The van der Waals surface area contributed by atoms with E-state index in [9.17, 15) is 5.11 Å². The molecule has 1 aliphatic heterocycles. The maximum absolute atomic E-state index is 10.5. The molecule has 0 radical (unpaired) electrons. The summed E-state index contributed by atoms with van der Waals surface area (Å²) in [5.41, 5.74) is 5.62. The highest BCUT2D eigenvalue weighted by Crippen LogP contribution is 2.30. The molecule has 0 aromatic carbocycles. The Labute approximate surface area is 99.0 Å². The summed E-state index contributed by atoms with van der Waals surface area (Å²) in [4.78, 5) is 2.38. The predicted octanol–water partition coefficient (Wildman–Crippen LogP) is 1.35. The van der Waals surface area contributed by atoms with Crippen LogP contribution in [-0.4, -0.2) is 41.3 Å². The van der Waals surface area contributed by atoms with Crippen molar-refractivity contribution in [1.29, 1.82) is 0 Å². The van der Waals surface area contributed by atoms with Crippen molar-refractivity contribution in [2.45, 2.75) is 57.1 Å².